The monoisotopic (exact) mass is 420 g/mol. The van der Waals surface area contributed by atoms with Crippen LogP contribution < -0.4 is 5.32 Å². The smallest absolute Gasteiger partial charge is 0.322 e. The van der Waals surface area contributed by atoms with E-state index in [2.05, 4.69) is 37.5 Å². The van der Waals surface area contributed by atoms with E-state index in [1.54, 1.807) is 11.3 Å². The van der Waals surface area contributed by atoms with Gasteiger partial charge in [0.2, 0.25) is 11.8 Å². The molecule has 0 fully saturated rings. The van der Waals surface area contributed by atoms with Crippen LogP contribution in [0.2, 0.25) is 0 Å². The quantitative estimate of drug-likeness (QED) is 0.624. The van der Waals surface area contributed by atoms with Crippen molar-refractivity contribution in [3.05, 3.63) is 51.1 Å². The van der Waals surface area contributed by atoms with E-state index < -0.39 is 0 Å². The Labute approximate surface area is 158 Å². The second-order valence-corrected chi connectivity index (χ2v) is 7.88. The molecule has 2 aromatic heterocycles. The summed E-state index contributed by atoms with van der Waals surface area (Å²) >= 11 is 5.12. The highest BCUT2D eigenvalue weighted by atomic mass is 79.9. The van der Waals surface area contributed by atoms with Gasteiger partial charge in [0.1, 0.15) is 0 Å². The highest BCUT2D eigenvalue weighted by Crippen LogP contribution is 2.23. The fraction of sp³-hybridized carbons (Fsp3) is 0.235. The molecule has 0 radical (unpaired) electrons. The van der Waals surface area contributed by atoms with Crippen LogP contribution in [0.3, 0.4) is 0 Å². The van der Waals surface area contributed by atoms with Gasteiger partial charge < -0.3 is 4.42 Å². The number of anilines is 1. The molecular formula is C17H17BrN4O2S. The van der Waals surface area contributed by atoms with E-state index in [1.165, 1.54) is 4.88 Å². The van der Waals surface area contributed by atoms with Crippen molar-refractivity contribution in [2.75, 3.05) is 18.4 Å². The highest BCUT2D eigenvalue weighted by molar-refractivity contribution is 9.11. The number of nitrogens with zero attached hydrogens (tertiary/aromatic N) is 3. The summed E-state index contributed by atoms with van der Waals surface area (Å²) in [6.07, 6.45) is 0. The minimum atomic E-state index is -0.180. The maximum absolute atomic E-state index is 12.2. The molecule has 0 atom stereocenters. The molecule has 8 heteroatoms. The van der Waals surface area contributed by atoms with Crippen molar-refractivity contribution in [1.29, 1.82) is 0 Å². The van der Waals surface area contributed by atoms with Crippen LogP contribution in [0.4, 0.5) is 6.01 Å². The molecule has 3 rings (SSSR count). The third-order valence-electron chi connectivity index (χ3n) is 3.51. The molecule has 0 aliphatic heterocycles. The number of carbonyl (C=O) groups excluding carboxylic acids is 1. The van der Waals surface area contributed by atoms with Gasteiger partial charge in [-0.25, -0.2) is 0 Å². The summed E-state index contributed by atoms with van der Waals surface area (Å²) in [4.78, 5) is 15.5. The lowest BCUT2D eigenvalue weighted by atomic mass is 10.2. The van der Waals surface area contributed by atoms with Crippen molar-refractivity contribution < 1.29 is 9.21 Å². The zero-order chi connectivity index (χ0) is 17.6. The van der Waals surface area contributed by atoms with Gasteiger partial charge in [0, 0.05) is 17.0 Å². The van der Waals surface area contributed by atoms with E-state index in [9.17, 15) is 4.79 Å². The minimum absolute atomic E-state index is 0.110. The van der Waals surface area contributed by atoms with E-state index in [-0.39, 0.29) is 18.5 Å². The van der Waals surface area contributed by atoms with Crippen LogP contribution in [0.15, 0.2) is 50.7 Å². The Morgan fingerprint density at radius 3 is 2.72 bits per heavy atom. The molecule has 25 heavy (non-hydrogen) atoms. The zero-order valence-electron chi connectivity index (χ0n) is 13.6. The summed E-state index contributed by atoms with van der Waals surface area (Å²) in [5.41, 5.74) is 0.814. The maximum Gasteiger partial charge on any atom is 0.322 e. The molecule has 6 nitrogen and oxygen atoms in total. The molecule has 2 heterocycles. The lowest BCUT2D eigenvalue weighted by Crippen LogP contribution is -2.32. The topological polar surface area (TPSA) is 71.3 Å². The predicted molar refractivity (Wildman–Crippen MR) is 101 cm³/mol. The van der Waals surface area contributed by atoms with Gasteiger partial charge in [-0.1, -0.05) is 30.2 Å². The number of benzene rings is 1. The van der Waals surface area contributed by atoms with Crippen LogP contribution in [0.1, 0.15) is 11.8 Å². The Bertz CT molecular complexity index is 834. The molecule has 0 bridgehead atoms. The summed E-state index contributed by atoms with van der Waals surface area (Å²) in [7, 11) is 0. The third kappa shape index (κ3) is 4.97. The Balaban J connectivity index is 1.57. The molecule has 0 unspecified atom stereocenters. The maximum atomic E-state index is 12.2. The summed E-state index contributed by atoms with van der Waals surface area (Å²) in [5.74, 6) is 0.201. The van der Waals surface area contributed by atoms with Crippen LogP contribution >= 0.6 is 27.3 Å². The molecule has 1 aromatic carbocycles. The Morgan fingerprint density at radius 2 is 2.04 bits per heavy atom. The first-order chi connectivity index (χ1) is 12.1. The highest BCUT2D eigenvalue weighted by Gasteiger charge is 2.14. The minimum Gasteiger partial charge on any atom is -0.403 e. The lowest BCUT2D eigenvalue weighted by molar-refractivity contribution is -0.117. The fourth-order valence-electron chi connectivity index (χ4n) is 2.27. The first-order valence-electron chi connectivity index (χ1n) is 7.79. The molecule has 130 valence electrons. The van der Waals surface area contributed by atoms with E-state index in [0.717, 1.165) is 22.4 Å². The summed E-state index contributed by atoms with van der Waals surface area (Å²) in [5, 5.41) is 10.5. The largest absolute Gasteiger partial charge is 0.403 e. The van der Waals surface area contributed by atoms with Crippen molar-refractivity contribution in [3.63, 3.8) is 0 Å². The van der Waals surface area contributed by atoms with Crippen molar-refractivity contribution in [2.24, 2.45) is 0 Å². The predicted octanol–water partition coefficient (Wildman–Crippen LogP) is 4.02. The Hall–Kier alpha value is -2.03. The molecule has 0 saturated heterocycles. The van der Waals surface area contributed by atoms with Crippen molar-refractivity contribution >= 4 is 39.2 Å². The van der Waals surface area contributed by atoms with Gasteiger partial charge in [-0.15, -0.1) is 16.4 Å². The second kappa shape index (κ2) is 8.37. The molecule has 0 aliphatic rings. The first kappa shape index (κ1) is 17.8. The SMILES string of the molecule is CCN(CC(=O)Nc1nnc(-c2ccccc2)o1)Cc1ccc(Br)s1. The van der Waals surface area contributed by atoms with E-state index in [1.807, 2.05) is 48.2 Å². The summed E-state index contributed by atoms with van der Waals surface area (Å²) in [6, 6.07) is 13.6. The number of halogens is 1. The number of nitrogens with one attached hydrogen (secondary N) is 1. The number of hydrogen-bond donors (Lipinski definition) is 1. The van der Waals surface area contributed by atoms with E-state index in [0.29, 0.717) is 5.89 Å². The van der Waals surface area contributed by atoms with Crippen LogP contribution in [-0.4, -0.2) is 34.1 Å². The first-order valence-corrected chi connectivity index (χ1v) is 9.40. The number of thiophene rings is 1. The molecule has 1 N–H and O–H groups in total. The van der Waals surface area contributed by atoms with Gasteiger partial charge in [-0.05, 0) is 46.7 Å². The van der Waals surface area contributed by atoms with Gasteiger partial charge in [-0.3, -0.25) is 15.0 Å². The number of carbonyl (C=O) groups is 1. The molecule has 1 amide bonds. The third-order valence-corrected chi connectivity index (χ3v) is 5.12. The number of rotatable bonds is 7. The van der Waals surface area contributed by atoms with Gasteiger partial charge >= 0.3 is 6.01 Å². The van der Waals surface area contributed by atoms with Crippen LogP contribution in [0.25, 0.3) is 11.5 Å². The van der Waals surface area contributed by atoms with Gasteiger partial charge in [0.05, 0.1) is 10.3 Å². The molecule has 0 aliphatic carbocycles. The fourth-order valence-corrected chi connectivity index (χ4v) is 3.80. The zero-order valence-corrected chi connectivity index (χ0v) is 16.0. The normalized spacial score (nSPS) is 11.0. The van der Waals surface area contributed by atoms with Crippen molar-refractivity contribution in [2.45, 2.75) is 13.5 Å². The summed E-state index contributed by atoms with van der Waals surface area (Å²) in [6.45, 7) is 3.77. The molecule has 0 saturated carbocycles. The number of aromatic nitrogens is 2. The van der Waals surface area contributed by atoms with Gasteiger partial charge in [0.15, 0.2) is 0 Å². The average Bonchev–Trinajstić information content (AvgIpc) is 3.24. The van der Waals surface area contributed by atoms with Crippen molar-refractivity contribution in [3.8, 4) is 11.5 Å². The van der Waals surface area contributed by atoms with E-state index in [4.69, 9.17) is 4.42 Å². The van der Waals surface area contributed by atoms with Crippen LogP contribution in [0.5, 0.6) is 0 Å². The van der Waals surface area contributed by atoms with Gasteiger partial charge in [-0.2, -0.15) is 0 Å². The summed E-state index contributed by atoms with van der Waals surface area (Å²) < 4.78 is 6.59. The standard InChI is InChI=1S/C17H17BrN4O2S/c1-2-22(10-13-8-9-14(18)25-13)11-15(23)19-17-21-20-16(24-17)12-6-4-3-5-7-12/h3-9H,2,10-11H2,1H3,(H,19,21,23). The Kier molecular flexibility index (Phi) is 5.95. The number of hydrogen-bond acceptors (Lipinski definition) is 6. The van der Waals surface area contributed by atoms with Gasteiger partial charge in [0.25, 0.3) is 0 Å². The number of amides is 1. The molecular weight excluding hydrogens is 404 g/mol. The average molecular weight is 421 g/mol. The second-order valence-electron chi connectivity index (χ2n) is 5.34. The molecule has 0 spiro atoms. The van der Waals surface area contributed by atoms with E-state index >= 15 is 0 Å². The lowest BCUT2D eigenvalue weighted by Gasteiger charge is -2.18. The van der Waals surface area contributed by atoms with Crippen LogP contribution in [0, 0.1) is 0 Å². The van der Waals surface area contributed by atoms with Crippen molar-refractivity contribution in [1.82, 2.24) is 15.1 Å². The Morgan fingerprint density at radius 1 is 1.24 bits per heavy atom. The van der Waals surface area contributed by atoms with Crippen LogP contribution in [-0.2, 0) is 11.3 Å². The molecule has 3 aromatic rings. The number of likely N-dealkylation sites (N-methyl/N-ethyl adjacent to an activating group) is 1.